The van der Waals surface area contributed by atoms with Crippen molar-refractivity contribution in [3.05, 3.63) is 23.8 Å². The lowest BCUT2D eigenvalue weighted by Gasteiger charge is -2.41. The zero-order chi connectivity index (χ0) is 16.1. The standard InChI is InChI=1S/C18H28N2O3/c1-21-15-3-4-17(22-2)16(13-15)18(14-5-11-23-12-6-14)20-9-7-19-8-10-20/h3-4,13-14,18-19H,5-12H2,1-2H3/t18-/m0/s1. The summed E-state index contributed by atoms with van der Waals surface area (Å²) >= 11 is 0. The van der Waals surface area contributed by atoms with Gasteiger partial charge in [-0.1, -0.05) is 0 Å². The van der Waals surface area contributed by atoms with Crippen LogP contribution in [0.3, 0.4) is 0 Å². The lowest BCUT2D eigenvalue weighted by Crippen LogP contribution is -2.47. The van der Waals surface area contributed by atoms with Crippen molar-refractivity contribution in [1.29, 1.82) is 0 Å². The van der Waals surface area contributed by atoms with Gasteiger partial charge < -0.3 is 19.5 Å². The first-order chi connectivity index (χ1) is 11.3. The molecule has 1 atom stereocenters. The molecule has 0 saturated carbocycles. The Hall–Kier alpha value is -1.30. The van der Waals surface area contributed by atoms with Crippen LogP contribution in [0.5, 0.6) is 11.5 Å². The summed E-state index contributed by atoms with van der Waals surface area (Å²) in [7, 11) is 3.48. The van der Waals surface area contributed by atoms with Crippen LogP contribution in [0.4, 0.5) is 0 Å². The minimum absolute atomic E-state index is 0.367. The molecular weight excluding hydrogens is 292 g/mol. The first-order valence-corrected chi connectivity index (χ1v) is 8.58. The summed E-state index contributed by atoms with van der Waals surface area (Å²) in [4.78, 5) is 2.60. The monoisotopic (exact) mass is 320 g/mol. The molecule has 5 nitrogen and oxygen atoms in total. The topological polar surface area (TPSA) is 43.0 Å². The van der Waals surface area contributed by atoms with Gasteiger partial charge in [0.25, 0.3) is 0 Å². The molecule has 0 aromatic heterocycles. The van der Waals surface area contributed by atoms with Gasteiger partial charge in [-0.05, 0) is 37.0 Å². The number of rotatable bonds is 5. The van der Waals surface area contributed by atoms with E-state index >= 15 is 0 Å². The van der Waals surface area contributed by atoms with Gasteiger partial charge >= 0.3 is 0 Å². The van der Waals surface area contributed by atoms with Crippen LogP contribution in [0.25, 0.3) is 0 Å². The van der Waals surface area contributed by atoms with Crippen LogP contribution < -0.4 is 14.8 Å². The highest BCUT2D eigenvalue weighted by Gasteiger charge is 2.33. The summed E-state index contributed by atoms with van der Waals surface area (Å²) < 4.78 is 16.7. The van der Waals surface area contributed by atoms with Crippen molar-refractivity contribution >= 4 is 0 Å². The molecule has 2 heterocycles. The van der Waals surface area contributed by atoms with Crippen molar-refractivity contribution in [2.75, 3.05) is 53.6 Å². The highest BCUT2D eigenvalue weighted by Crippen LogP contribution is 2.40. The molecule has 0 spiro atoms. The Morgan fingerprint density at radius 1 is 1.13 bits per heavy atom. The molecule has 5 heteroatoms. The summed E-state index contributed by atoms with van der Waals surface area (Å²) in [5.74, 6) is 2.46. The van der Waals surface area contributed by atoms with E-state index in [1.807, 2.05) is 12.1 Å². The summed E-state index contributed by atoms with van der Waals surface area (Å²) in [5.41, 5.74) is 1.25. The second-order valence-corrected chi connectivity index (χ2v) is 6.29. The molecular formula is C18H28N2O3. The lowest BCUT2D eigenvalue weighted by atomic mass is 9.85. The number of nitrogens with zero attached hydrogens (tertiary/aromatic N) is 1. The normalized spacial score (nSPS) is 21.8. The summed E-state index contributed by atoms with van der Waals surface area (Å²) in [6.45, 7) is 5.96. The molecule has 2 fully saturated rings. The average Bonchev–Trinajstić information content (AvgIpc) is 2.63. The predicted molar refractivity (Wildman–Crippen MR) is 90.3 cm³/mol. The molecule has 3 rings (SSSR count). The number of nitrogens with one attached hydrogen (secondary N) is 1. The zero-order valence-corrected chi connectivity index (χ0v) is 14.2. The van der Waals surface area contributed by atoms with Gasteiger partial charge in [0.2, 0.25) is 0 Å². The first kappa shape index (κ1) is 16.6. The van der Waals surface area contributed by atoms with Gasteiger partial charge in [-0.3, -0.25) is 4.90 Å². The third-order valence-corrected chi connectivity index (χ3v) is 5.01. The van der Waals surface area contributed by atoms with E-state index in [9.17, 15) is 0 Å². The third kappa shape index (κ3) is 3.79. The minimum atomic E-state index is 0.367. The smallest absolute Gasteiger partial charge is 0.123 e. The van der Waals surface area contributed by atoms with Gasteiger partial charge in [-0.15, -0.1) is 0 Å². The van der Waals surface area contributed by atoms with Gasteiger partial charge in [0.05, 0.1) is 14.2 Å². The maximum atomic E-state index is 5.68. The van der Waals surface area contributed by atoms with E-state index < -0.39 is 0 Å². The van der Waals surface area contributed by atoms with Crippen LogP contribution in [0.2, 0.25) is 0 Å². The van der Waals surface area contributed by atoms with Crippen molar-refractivity contribution in [3.63, 3.8) is 0 Å². The fourth-order valence-electron chi connectivity index (χ4n) is 3.81. The molecule has 1 N–H and O–H groups in total. The third-order valence-electron chi connectivity index (χ3n) is 5.01. The van der Waals surface area contributed by atoms with E-state index in [1.165, 1.54) is 5.56 Å². The highest BCUT2D eigenvalue weighted by atomic mass is 16.5. The number of hydrogen-bond donors (Lipinski definition) is 1. The predicted octanol–water partition coefficient (Wildman–Crippen LogP) is 2.08. The average molecular weight is 320 g/mol. The van der Waals surface area contributed by atoms with E-state index in [0.29, 0.717) is 12.0 Å². The molecule has 0 radical (unpaired) electrons. The molecule has 2 aliphatic rings. The number of methoxy groups -OCH3 is 2. The molecule has 1 aromatic carbocycles. The molecule has 23 heavy (non-hydrogen) atoms. The Kier molecular flexibility index (Phi) is 5.75. The first-order valence-electron chi connectivity index (χ1n) is 8.58. The Morgan fingerprint density at radius 3 is 2.52 bits per heavy atom. The van der Waals surface area contributed by atoms with E-state index in [0.717, 1.165) is 63.7 Å². The van der Waals surface area contributed by atoms with Gasteiger partial charge in [-0.2, -0.15) is 0 Å². The Balaban J connectivity index is 1.95. The molecule has 0 unspecified atom stereocenters. The van der Waals surface area contributed by atoms with E-state index in [4.69, 9.17) is 14.2 Å². The molecule has 0 bridgehead atoms. The van der Waals surface area contributed by atoms with Gasteiger partial charge in [0, 0.05) is 51.0 Å². The number of benzene rings is 1. The Labute approximate surface area is 138 Å². The van der Waals surface area contributed by atoms with E-state index in [2.05, 4.69) is 16.3 Å². The molecule has 0 amide bonds. The minimum Gasteiger partial charge on any atom is -0.497 e. The number of ether oxygens (including phenoxy) is 3. The van der Waals surface area contributed by atoms with Crippen molar-refractivity contribution in [2.45, 2.75) is 18.9 Å². The van der Waals surface area contributed by atoms with Crippen LogP contribution in [-0.2, 0) is 4.74 Å². The maximum Gasteiger partial charge on any atom is 0.123 e. The molecule has 0 aliphatic carbocycles. The van der Waals surface area contributed by atoms with Crippen molar-refractivity contribution in [2.24, 2.45) is 5.92 Å². The van der Waals surface area contributed by atoms with Crippen LogP contribution in [0, 0.1) is 5.92 Å². The fraction of sp³-hybridized carbons (Fsp3) is 0.667. The Morgan fingerprint density at radius 2 is 1.87 bits per heavy atom. The van der Waals surface area contributed by atoms with Crippen LogP contribution in [0.15, 0.2) is 18.2 Å². The van der Waals surface area contributed by atoms with Crippen molar-refractivity contribution in [1.82, 2.24) is 10.2 Å². The summed E-state index contributed by atoms with van der Waals surface area (Å²) in [6, 6.07) is 6.52. The van der Waals surface area contributed by atoms with Crippen LogP contribution in [0.1, 0.15) is 24.4 Å². The zero-order valence-electron chi connectivity index (χ0n) is 14.2. The van der Waals surface area contributed by atoms with Gasteiger partial charge in [0.15, 0.2) is 0 Å². The number of piperazine rings is 1. The number of hydrogen-bond acceptors (Lipinski definition) is 5. The lowest BCUT2D eigenvalue weighted by molar-refractivity contribution is 0.0206. The molecule has 1 aromatic rings. The van der Waals surface area contributed by atoms with E-state index in [-0.39, 0.29) is 0 Å². The summed E-state index contributed by atoms with van der Waals surface area (Å²) in [6.07, 6.45) is 2.21. The van der Waals surface area contributed by atoms with Crippen LogP contribution >= 0.6 is 0 Å². The second kappa shape index (κ2) is 7.99. The van der Waals surface area contributed by atoms with Crippen molar-refractivity contribution < 1.29 is 14.2 Å². The quantitative estimate of drug-likeness (QED) is 0.900. The molecule has 128 valence electrons. The highest BCUT2D eigenvalue weighted by molar-refractivity contribution is 5.42. The largest absolute Gasteiger partial charge is 0.497 e. The fourth-order valence-corrected chi connectivity index (χ4v) is 3.81. The molecule has 2 aliphatic heterocycles. The van der Waals surface area contributed by atoms with Crippen LogP contribution in [-0.4, -0.2) is 58.5 Å². The SMILES string of the molecule is COc1ccc(OC)c([C@H](C2CCOCC2)N2CCNCC2)c1. The maximum absolute atomic E-state index is 5.68. The summed E-state index contributed by atoms with van der Waals surface area (Å²) in [5, 5.41) is 3.45. The van der Waals surface area contributed by atoms with Gasteiger partial charge in [-0.25, -0.2) is 0 Å². The Bertz CT molecular complexity index is 479. The molecule has 2 saturated heterocycles. The van der Waals surface area contributed by atoms with Crippen molar-refractivity contribution in [3.8, 4) is 11.5 Å². The van der Waals surface area contributed by atoms with E-state index in [1.54, 1.807) is 14.2 Å². The second-order valence-electron chi connectivity index (χ2n) is 6.29. The van der Waals surface area contributed by atoms with Gasteiger partial charge in [0.1, 0.15) is 11.5 Å².